The van der Waals surface area contributed by atoms with Gasteiger partial charge in [0.25, 0.3) is 0 Å². The fourth-order valence-electron chi connectivity index (χ4n) is 2.78. The number of carbonyl (C=O) groups is 1. The average molecular weight is 266 g/mol. The third-order valence-electron chi connectivity index (χ3n) is 3.75. The second-order valence-corrected chi connectivity index (χ2v) is 5.23. The molecule has 1 N–H and O–H groups in total. The second-order valence-electron chi connectivity index (χ2n) is 5.23. The van der Waals surface area contributed by atoms with Crippen LogP contribution in [0.4, 0.5) is 0 Å². The molecule has 0 spiro atoms. The molecule has 1 aromatic heterocycles. The van der Waals surface area contributed by atoms with Crippen molar-refractivity contribution in [1.82, 2.24) is 9.80 Å². The standard InChI is InChI=1S/C14H22N2O3/c1-3-16-6-4-5-12(16)8-15(2)9-13-7-11(10-19-13)14(17)18/h7,10,12H,3-6,8-9H2,1-2H3,(H,17,18). The van der Waals surface area contributed by atoms with Crippen molar-refractivity contribution < 1.29 is 14.3 Å². The molecule has 1 aliphatic rings. The van der Waals surface area contributed by atoms with E-state index in [1.165, 1.54) is 25.6 Å². The number of hydrogen-bond donors (Lipinski definition) is 1. The summed E-state index contributed by atoms with van der Waals surface area (Å²) in [4.78, 5) is 15.5. The van der Waals surface area contributed by atoms with Crippen molar-refractivity contribution in [3.05, 3.63) is 23.7 Å². The molecule has 0 saturated carbocycles. The average Bonchev–Trinajstić information content (AvgIpc) is 2.97. The molecule has 0 amide bonds. The number of likely N-dealkylation sites (tertiary alicyclic amines) is 1. The Hall–Kier alpha value is -1.33. The molecule has 1 fully saturated rings. The van der Waals surface area contributed by atoms with E-state index in [1.807, 2.05) is 0 Å². The van der Waals surface area contributed by atoms with E-state index in [-0.39, 0.29) is 5.56 Å². The third kappa shape index (κ3) is 3.58. The summed E-state index contributed by atoms with van der Waals surface area (Å²) in [5.41, 5.74) is 0.222. The Morgan fingerprint density at radius 1 is 1.63 bits per heavy atom. The normalized spacial score (nSPS) is 20.3. The SMILES string of the molecule is CCN1CCCC1CN(C)Cc1cc(C(=O)O)co1. The molecule has 0 aliphatic carbocycles. The molecule has 2 rings (SSSR count). The predicted octanol–water partition coefficient (Wildman–Crippen LogP) is 1.89. The molecular weight excluding hydrogens is 244 g/mol. The summed E-state index contributed by atoms with van der Waals surface area (Å²) in [6, 6.07) is 2.22. The van der Waals surface area contributed by atoms with Crippen molar-refractivity contribution >= 4 is 5.97 Å². The first-order valence-corrected chi connectivity index (χ1v) is 6.83. The fourth-order valence-corrected chi connectivity index (χ4v) is 2.78. The molecule has 1 aliphatic heterocycles. The molecule has 0 aromatic carbocycles. The zero-order chi connectivity index (χ0) is 13.8. The van der Waals surface area contributed by atoms with Gasteiger partial charge < -0.3 is 9.52 Å². The van der Waals surface area contributed by atoms with Crippen LogP contribution in [-0.4, -0.2) is 53.6 Å². The Morgan fingerprint density at radius 2 is 2.42 bits per heavy atom. The zero-order valence-corrected chi connectivity index (χ0v) is 11.6. The maximum atomic E-state index is 10.8. The number of aromatic carboxylic acids is 1. The lowest BCUT2D eigenvalue weighted by molar-refractivity contribution is 0.0696. The zero-order valence-electron chi connectivity index (χ0n) is 11.6. The maximum absolute atomic E-state index is 10.8. The summed E-state index contributed by atoms with van der Waals surface area (Å²) >= 11 is 0. The van der Waals surface area contributed by atoms with Gasteiger partial charge in [0, 0.05) is 12.6 Å². The van der Waals surface area contributed by atoms with Gasteiger partial charge in [-0.2, -0.15) is 0 Å². The molecule has 5 heteroatoms. The van der Waals surface area contributed by atoms with Gasteiger partial charge in [-0.05, 0) is 39.0 Å². The lowest BCUT2D eigenvalue weighted by atomic mass is 10.2. The Bertz CT molecular complexity index is 430. The van der Waals surface area contributed by atoms with Crippen molar-refractivity contribution in [3.8, 4) is 0 Å². The van der Waals surface area contributed by atoms with Crippen molar-refractivity contribution in [2.45, 2.75) is 32.4 Å². The van der Waals surface area contributed by atoms with Crippen LogP contribution < -0.4 is 0 Å². The molecule has 1 aromatic rings. The highest BCUT2D eigenvalue weighted by molar-refractivity contribution is 5.87. The van der Waals surface area contributed by atoms with Crippen molar-refractivity contribution in [1.29, 1.82) is 0 Å². The Balaban J connectivity index is 1.86. The van der Waals surface area contributed by atoms with Gasteiger partial charge in [-0.3, -0.25) is 9.80 Å². The molecule has 0 bridgehead atoms. The summed E-state index contributed by atoms with van der Waals surface area (Å²) < 4.78 is 5.28. The van der Waals surface area contributed by atoms with Gasteiger partial charge in [0.15, 0.2) is 0 Å². The van der Waals surface area contributed by atoms with Crippen LogP contribution in [0.5, 0.6) is 0 Å². The van der Waals surface area contributed by atoms with Crippen LogP contribution in [0.15, 0.2) is 16.7 Å². The van der Waals surface area contributed by atoms with Crippen molar-refractivity contribution in [3.63, 3.8) is 0 Å². The topological polar surface area (TPSA) is 56.9 Å². The number of furan rings is 1. The first kappa shape index (κ1) is 14.1. The van der Waals surface area contributed by atoms with E-state index in [0.717, 1.165) is 13.1 Å². The molecule has 1 atom stereocenters. The van der Waals surface area contributed by atoms with E-state index in [4.69, 9.17) is 9.52 Å². The van der Waals surface area contributed by atoms with Gasteiger partial charge in [-0.25, -0.2) is 4.79 Å². The number of carboxylic acid groups (broad SMARTS) is 1. The quantitative estimate of drug-likeness (QED) is 0.852. The molecule has 19 heavy (non-hydrogen) atoms. The van der Waals surface area contributed by atoms with Gasteiger partial charge in [-0.1, -0.05) is 6.92 Å². The molecule has 0 radical (unpaired) electrons. The third-order valence-corrected chi connectivity index (χ3v) is 3.75. The second kappa shape index (κ2) is 6.21. The summed E-state index contributed by atoms with van der Waals surface area (Å²) in [6.07, 6.45) is 3.83. The minimum absolute atomic E-state index is 0.222. The smallest absolute Gasteiger partial charge is 0.338 e. The monoisotopic (exact) mass is 266 g/mol. The first-order valence-electron chi connectivity index (χ1n) is 6.83. The highest BCUT2D eigenvalue weighted by Gasteiger charge is 2.24. The van der Waals surface area contributed by atoms with Crippen LogP contribution in [0.25, 0.3) is 0 Å². The van der Waals surface area contributed by atoms with Crippen molar-refractivity contribution in [2.75, 3.05) is 26.7 Å². The lowest BCUT2D eigenvalue weighted by Gasteiger charge is -2.27. The number of rotatable bonds is 6. The van der Waals surface area contributed by atoms with E-state index >= 15 is 0 Å². The maximum Gasteiger partial charge on any atom is 0.338 e. The van der Waals surface area contributed by atoms with Crippen LogP contribution >= 0.6 is 0 Å². The summed E-state index contributed by atoms with van der Waals surface area (Å²) in [5.74, 6) is -0.230. The summed E-state index contributed by atoms with van der Waals surface area (Å²) in [5, 5.41) is 8.85. The summed E-state index contributed by atoms with van der Waals surface area (Å²) in [7, 11) is 2.05. The Kier molecular flexibility index (Phi) is 4.61. The molecular formula is C14H22N2O3. The van der Waals surface area contributed by atoms with E-state index in [1.54, 1.807) is 6.07 Å². The highest BCUT2D eigenvalue weighted by Crippen LogP contribution is 2.18. The number of hydrogen-bond acceptors (Lipinski definition) is 4. The Labute approximate surface area is 113 Å². The first-order chi connectivity index (χ1) is 9.10. The van der Waals surface area contributed by atoms with E-state index in [2.05, 4.69) is 23.8 Å². The summed E-state index contributed by atoms with van der Waals surface area (Å²) in [6.45, 7) is 6.14. The number of nitrogens with zero attached hydrogens (tertiary/aromatic N) is 2. The van der Waals surface area contributed by atoms with E-state index in [0.29, 0.717) is 18.3 Å². The van der Waals surface area contributed by atoms with Crippen LogP contribution in [0.2, 0.25) is 0 Å². The van der Waals surface area contributed by atoms with E-state index < -0.39 is 5.97 Å². The fraction of sp³-hybridized carbons (Fsp3) is 0.643. The minimum Gasteiger partial charge on any atom is -0.478 e. The minimum atomic E-state index is -0.939. The molecule has 1 saturated heterocycles. The highest BCUT2D eigenvalue weighted by atomic mass is 16.4. The Morgan fingerprint density at radius 3 is 3.05 bits per heavy atom. The molecule has 106 valence electrons. The van der Waals surface area contributed by atoms with Crippen LogP contribution in [0, 0.1) is 0 Å². The van der Waals surface area contributed by atoms with Crippen LogP contribution in [0.1, 0.15) is 35.9 Å². The predicted molar refractivity (Wildman–Crippen MR) is 72.3 cm³/mol. The van der Waals surface area contributed by atoms with Gasteiger partial charge in [0.1, 0.15) is 12.0 Å². The largest absolute Gasteiger partial charge is 0.478 e. The van der Waals surface area contributed by atoms with Crippen LogP contribution in [-0.2, 0) is 6.54 Å². The number of carboxylic acids is 1. The molecule has 2 heterocycles. The lowest BCUT2D eigenvalue weighted by Crippen LogP contribution is -2.38. The van der Waals surface area contributed by atoms with E-state index in [9.17, 15) is 4.79 Å². The molecule has 1 unspecified atom stereocenters. The van der Waals surface area contributed by atoms with Gasteiger partial charge in [0.05, 0.1) is 12.1 Å². The number of likely N-dealkylation sites (N-methyl/N-ethyl adjacent to an activating group) is 2. The van der Waals surface area contributed by atoms with Gasteiger partial charge in [-0.15, -0.1) is 0 Å². The van der Waals surface area contributed by atoms with Gasteiger partial charge in [0.2, 0.25) is 0 Å². The van der Waals surface area contributed by atoms with Crippen molar-refractivity contribution in [2.24, 2.45) is 0 Å². The van der Waals surface area contributed by atoms with Gasteiger partial charge >= 0.3 is 5.97 Å². The van der Waals surface area contributed by atoms with Crippen LogP contribution in [0.3, 0.4) is 0 Å². The molecule has 5 nitrogen and oxygen atoms in total.